The highest BCUT2D eigenvalue weighted by atomic mass is 16.6. The van der Waals surface area contributed by atoms with Crippen LogP contribution in [0.4, 0.5) is 4.79 Å². The summed E-state index contributed by atoms with van der Waals surface area (Å²) in [5.41, 5.74) is 1.12. The number of nitrogens with one attached hydrogen (secondary N) is 2. The van der Waals surface area contributed by atoms with Gasteiger partial charge in [-0.25, -0.2) is 4.79 Å². The fourth-order valence-corrected chi connectivity index (χ4v) is 2.60. The van der Waals surface area contributed by atoms with Gasteiger partial charge in [0.15, 0.2) is 0 Å². The average molecular weight is 348 g/mol. The second-order valence-corrected chi connectivity index (χ2v) is 6.98. The van der Waals surface area contributed by atoms with Crippen LogP contribution >= 0.6 is 0 Å². The van der Waals surface area contributed by atoms with Gasteiger partial charge in [-0.1, -0.05) is 18.2 Å². The predicted octanol–water partition coefficient (Wildman–Crippen LogP) is 2.44. The fraction of sp³-hybridized carbons (Fsp3) is 0.444. The maximum atomic E-state index is 12.1. The third kappa shape index (κ3) is 5.49. The molecule has 25 heavy (non-hydrogen) atoms. The van der Waals surface area contributed by atoms with Crippen molar-refractivity contribution in [2.75, 3.05) is 0 Å². The van der Waals surface area contributed by atoms with E-state index in [9.17, 15) is 14.7 Å². The van der Waals surface area contributed by atoms with Gasteiger partial charge in [-0.2, -0.15) is 0 Å². The number of carboxylic acid groups (broad SMARTS) is 1. The van der Waals surface area contributed by atoms with Crippen molar-refractivity contribution in [2.45, 2.75) is 51.4 Å². The molecule has 1 heterocycles. The van der Waals surface area contributed by atoms with Crippen molar-refractivity contribution in [1.29, 1.82) is 0 Å². The van der Waals surface area contributed by atoms with Crippen LogP contribution in [0, 0.1) is 0 Å². The summed E-state index contributed by atoms with van der Waals surface area (Å²) in [5.74, 6) is -1.14. The van der Waals surface area contributed by atoms with Crippen LogP contribution in [0.25, 0.3) is 10.9 Å². The van der Waals surface area contributed by atoms with E-state index in [-0.39, 0.29) is 6.42 Å². The Labute approximate surface area is 146 Å². The molecule has 0 aliphatic heterocycles. The molecule has 0 unspecified atom stereocenters. The number of fused-ring (bicyclic) bond motifs is 1. The van der Waals surface area contributed by atoms with E-state index in [0.717, 1.165) is 16.5 Å². The van der Waals surface area contributed by atoms with Crippen molar-refractivity contribution in [3.63, 3.8) is 0 Å². The number of hydrogen-bond donors (Lipinski definition) is 4. The maximum absolute atomic E-state index is 12.1. The quantitative estimate of drug-likeness (QED) is 0.641. The van der Waals surface area contributed by atoms with Crippen molar-refractivity contribution >= 4 is 23.0 Å². The molecule has 0 aliphatic carbocycles. The molecule has 0 saturated heterocycles. The summed E-state index contributed by atoms with van der Waals surface area (Å²) in [7, 11) is 0. The largest absolute Gasteiger partial charge is 0.481 e. The number of para-hydroxylation sites is 1. The van der Waals surface area contributed by atoms with Crippen LogP contribution in [-0.2, 0) is 16.0 Å². The molecule has 0 fully saturated rings. The molecule has 0 bridgehead atoms. The van der Waals surface area contributed by atoms with Gasteiger partial charge in [0, 0.05) is 17.1 Å². The van der Waals surface area contributed by atoms with Gasteiger partial charge in [-0.15, -0.1) is 0 Å². The number of ether oxygens (including phenoxy) is 1. The molecule has 0 spiro atoms. The minimum absolute atomic E-state index is 0.275. The molecule has 1 aromatic heterocycles. The number of carboxylic acids is 1. The number of carbonyl (C=O) groups is 2. The van der Waals surface area contributed by atoms with Crippen LogP contribution < -0.4 is 5.32 Å². The Morgan fingerprint density at radius 1 is 1.28 bits per heavy atom. The number of aliphatic hydroxyl groups is 1. The third-order valence-corrected chi connectivity index (χ3v) is 3.67. The summed E-state index contributed by atoms with van der Waals surface area (Å²) >= 11 is 0. The number of aliphatic carboxylic acids is 1. The minimum atomic E-state index is -1.24. The Morgan fingerprint density at radius 2 is 1.96 bits per heavy atom. The van der Waals surface area contributed by atoms with Crippen LogP contribution in [-0.4, -0.2) is 45.0 Å². The van der Waals surface area contributed by atoms with E-state index in [1.165, 1.54) is 0 Å². The highest BCUT2D eigenvalue weighted by Gasteiger charge is 2.27. The Bertz CT molecular complexity index is 747. The van der Waals surface area contributed by atoms with Crippen LogP contribution in [0.1, 0.15) is 32.8 Å². The average Bonchev–Trinajstić information content (AvgIpc) is 2.87. The molecular weight excluding hydrogens is 324 g/mol. The van der Waals surface area contributed by atoms with Crippen LogP contribution in [0.2, 0.25) is 0 Å². The van der Waals surface area contributed by atoms with E-state index >= 15 is 0 Å². The van der Waals surface area contributed by atoms with Crippen molar-refractivity contribution in [3.05, 3.63) is 36.0 Å². The molecule has 7 nitrogen and oxygen atoms in total. The van der Waals surface area contributed by atoms with Crippen molar-refractivity contribution in [1.82, 2.24) is 10.3 Å². The number of aliphatic hydroxyl groups excluding tert-OH is 1. The van der Waals surface area contributed by atoms with E-state index < -0.39 is 36.2 Å². The number of alkyl carbamates (subject to hydrolysis) is 1. The first-order valence-corrected chi connectivity index (χ1v) is 8.10. The number of rotatable bonds is 6. The maximum Gasteiger partial charge on any atom is 0.407 e. The lowest BCUT2D eigenvalue weighted by Crippen LogP contribution is -2.47. The fourth-order valence-electron chi connectivity index (χ4n) is 2.60. The molecule has 1 amide bonds. The zero-order valence-corrected chi connectivity index (χ0v) is 14.6. The van der Waals surface area contributed by atoms with Gasteiger partial charge in [-0.05, 0) is 38.8 Å². The molecule has 7 heteroatoms. The number of amides is 1. The summed E-state index contributed by atoms with van der Waals surface area (Å²) in [4.78, 5) is 26.1. The zero-order valence-electron chi connectivity index (χ0n) is 14.6. The summed E-state index contributed by atoms with van der Waals surface area (Å²) in [6, 6.07) is 6.85. The Hall–Kier alpha value is -2.54. The van der Waals surface area contributed by atoms with Crippen LogP contribution in [0.3, 0.4) is 0 Å². The van der Waals surface area contributed by atoms with E-state index in [2.05, 4.69) is 10.3 Å². The lowest BCUT2D eigenvalue weighted by atomic mass is 9.99. The Balaban J connectivity index is 2.19. The lowest BCUT2D eigenvalue weighted by Gasteiger charge is -2.26. The molecule has 0 radical (unpaired) electrons. The molecule has 1 aromatic carbocycles. The van der Waals surface area contributed by atoms with Crippen molar-refractivity contribution in [3.8, 4) is 0 Å². The summed E-state index contributed by atoms with van der Waals surface area (Å²) < 4.78 is 5.21. The predicted molar refractivity (Wildman–Crippen MR) is 93.4 cm³/mol. The summed E-state index contributed by atoms with van der Waals surface area (Å²) in [6.45, 7) is 5.19. The van der Waals surface area contributed by atoms with Crippen LogP contribution in [0.5, 0.6) is 0 Å². The molecule has 0 aliphatic rings. The van der Waals surface area contributed by atoms with Gasteiger partial charge in [0.25, 0.3) is 0 Å². The van der Waals surface area contributed by atoms with Gasteiger partial charge in [0.1, 0.15) is 5.60 Å². The number of aromatic amines is 1. The van der Waals surface area contributed by atoms with Gasteiger partial charge in [-0.3, -0.25) is 4.79 Å². The van der Waals surface area contributed by atoms with E-state index in [1.54, 1.807) is 27.0 Å². The van der Waals surface area contributed by atoms with Gasteiger partial charge in [0.05, 0.1) is 18.6 Å². The molecular formula is C18H24N2O5. The van der Waals surface area contributed by atoms with Gasteiger partial charge in [0.2, 0.25) is 0 Å². The lowest BCUT2D eigenvalue weighted by molar-refractivity contribution is -0.139. The van der Waals surface area contributed by atoms with Crippen molar-refractivity contribution in [2.24, 2.45) is 0 Å². The summed E-state index contributed by atoms with van der Waals surface area (Å²) in [5, 5.41) is 22.7. The number of hydrogen-bond acceptors (Lipinski definition) is 4. The zero-order chi connectivity index (χ0) is 18.6. The second kappa shape index (κ2) is 7.57. The monoisotopic (exact) mass is 348 g/mol. The van der Waals surface area contributed by atoms with Gasteiger partial charge >= 0.3 is 12.1 Å². The SMILES string of the molecule is CC(C)(C)OC(=O)N[C@@H](Cc1c[nH]c2ccccc12)[C@@H](O)CC(=O)O. The first kappa shape index (κ1) is 18.8. The molecule has 2 rings (SSSR count). The van der Waals surface area contributed by atoms with Gasteiger partial charge < -0.3 is 25.3 Å². The molecule has 2 atom stereocenters. The second-order valence-electron chi connectivity index (χ2n) is 6.98. The molecule has 4 N–H and O–H groups in total. The molecule has 2 aromatic rings. The first-order valence-electron chi connectivity index (χ1n) is 8.10. The number of aromatic nitrogens is 1. The Kier molecular flexibility index (Phi) is 5.69. The third-order valence-electron chi connectivity index (χ3n) is 3.67. The van der Waals surface area contributed by atoms with E-state index in [1.807, 2.05) is 24.3 Å². The Morgan fingerprint density at radius 3 is 2.60 bits per heavy atom. The highest BCUT2D eigenvalue weighted by molar-refractivity contribution is 5.83. The number of H-pyrrole nitrogens is 1. The van der Waals surface area contributed by atoms with E-state index in [0.29, 0.717) is 0 Å². The normalized spacial score (nSPS) is 14.1. The van der Waals surface area contributed by atoms with E-state index in [4.69, 9.17) is 9.84 Å². The number of benzene rings is 1. The van der Waals surface area contributed by atoms with Crippen molar-refractivity contribution < 1.29 is 24.5 Å². The molecule has 0 saturated carbocycles. The van der Waals surface area contributed by atoms with Crippen LogP contribution in [0.15, 0.2) is 30.5 Å². The topological polar surface area (TPSA) is 112 Å². The standard InChI is InChI=1S/C18H24N2O5/c1-18(2,3)25-17(24)20-14(15(21)9-16(22)23)8-11-10-19-13-7-5-4-6-12(11)13/h4-7,10,14-15,19,21H,8-9H2,1-3H3,(H,20,24)(H,22,23)/t14-,15-/m0/s1. The summed E-state index contributed by atoms with van der Waals surface area (Å²) in [6.07, 6.45) is -0.330. The smallest absolute Gasteiger partial charge is 0.407 e. The highest BCUT2D eigenvalue weighted by Crippen LogP contribution is 2.20. The first-order chi connectivity index (χ1) is 11.7. The number of carbonyl (C=O) groups excluding carboxylic acids is 1. The molecule has 136 valence electrons. The minimum Gasteiger partial charge on any atom is -0.481 e.